The Kier molecular flexibility index (Phi) is 6.65. The Balaban J connectivity index is 0.000000775. The molecule has 32 heavy (non-hydrogen) atoms. The fraction of sp³-hybridized carbons (Fsp3) is 0.522. The van der Waals surface area contributed by atoms with Gasteiger partial charge >= 0.3 is 0 Å². The maximum absolute atomic E-state index is 14.7. The van der Waals surface area contributed by atoms with Gasteiger partial charge in [-0.25, -0.2) is 9.37 Å². The van der Waals surface area contributed by atoms with E-state index in [0.717, 1.165) is 5.56 Å². The first-order valence-electron chi connectivity index (χ1n) is 11.0. The fourth-order valence-corrected chi connectivity index (χ4v) is 4.36. The summed E-state index contributed by atoms with van der Waals surface area (Å²) in [5.41, 5.74) is 1.77. The van der Waals surface area contributed by atoms with Crippen molar-refractivity contribution in [1.82, 2.24) is 15.1 Å². The highest BCUT2D eigenvalue weighted by atomic mass is 35.5. The minimum absolute atomic E-state index is 0.274. The van der Waals surface area contributed by atoms with Gasteiger partial charge in [-0.1, -0.05) is 37.0 Å². The Morgan fingerprint density at radius 1 is 1.09 bits per heavy atom. The van der Waals surface area contributed by atoms with Crippen molar-refractivity contribution in [3.8, 4) is 11.5 Å². The van der Waals surface area contributed by atoms with E-state index in [1.807, 2.05) is 6.92 Å². The van der Waals surface area contributed by atoms with Crippen molar-refractivity contribution >= 4 is 28.3 Å². The normalized spacial score (nSPS) is 17.6. The zero-order chi connectivity index (χ0) is 22.9. The molecule has 1 aromatic carbocycles. The average molecular weight is 463 g/mol. The van der Waals surface area contributed by atoms with Gasteiger partial charge in [0.1, 0.15) is 11.3 Å². The van der Waals surface area contributed by atoms with Crippen LogP contribution in [0.1, 0.15) is 44.5 Å². The molecule has 7 nitrogen and oxygen atoms in total. The predicted octanol–water partition coefficient (Wildman–Crippen LogP) is 5.45. The van der Waals surface area contributed by atoms with Crippen LogP contribution in [0.25, 0.3) is 22.4 Å². The molecule has 2 aromatic heterocycles. The predicted molar refractivity (Wildman–Crippen MR) is 122 cm³/mol. The molecule has 0 radical (unpaired) electrons. The van der Waals surface area contributed by atoms with E-state index in [-0.39, 0.29) is 5.52 Å². The standard InChI is InChI=1S/C20H20ClFN4O3.C3H8/c1-11-14-9-13(21)10-15(22)17(14)24-18(16(11)19-23-12(2)25-29-19)26-5-3-20(4-6-26)27-7-8-28-20;1-3-2/h9-10H,3-8H2,1-2H3;3H2,1-2H3. The minimum atomic E-state index is -0.512. The maximum Gasteiger partial charge on any atom is 0.261 e. The summed E-state index contributed by atoms with van der Waals surface area (Å²) in [4.78, 5) is 11.2. The number of aryl methyl sites for hydroxylation is 2. The quantitative estimate of drug-likeness (QED) is 0.501. The van der Waals surface area contributed by atoms with Crippen LogP contribution in [0.15, 0.2) is 16.7 Å². The first-order valence-corrected chi connectivity index (χ1v) is 11.4. The molecule has 1 spiro atoms. The van der Waals surface area contributed by atoms with E-state index in [4.69, 9.17) is 25.6 Å². The summed E-state index contributed by atoms with van der Waals surface area (Å²) in [6, 6.07) is 2.99. The molecule has 0 N–H and O–H groups in total. The zero-order valence-electron chi connectivity index (χ0n) is 18.9. The van der Waals surface area contributed by atoms with Crippen LogP contribution in [-0.2, 0) is 9.47 Å². The third kappa shape index (κ3) is 4.31. The van der Waals surface area contributed by atoms with Crippen molar-refractivity contribution in [2.45, 2.75) is 52.7 Å². The summed E-state index contributed by atoms with van der Waals surface area (Å²) in [6.07, 6.45) is 2.66. The van der Waals surface area contributed by atoms with Crippen LogP contribution >= 0.6 is 11.6 Å². The molecule has 2 aliphatic heterocycles. The Morgan fingerprint density at radius 2 is 1.75 bits per heavy atom. The second kappa shape index (κ2) is 9.29. The third-order valence-corrected chi connectivity index (χ3v) is 5.85. The molecule has 2 saturated heterocycles. The number of anilines is 1. The van der Waals surface area contributed by atoms with Crippen LogP contribution in [0, 0.1) is 19.7 Å². The first-order chi connectivity index (χ1) is 15.4. The summed E-state index contributed by atoms with van der Waals surface area (Å²) < 4.78 is 31.8. The Labute approximate surface area is 191 Å². The topological polar surface area (TPSA) is 73.5 Å². The SMILES string of the molecule is CCC.Cc1noc(-c2c(N3CCC4(CC3)OCCO4)nc3c(F)cc(Cl)cc3c2C)n1. The first kappa shape index (κ1) is 22.9. The summed E-state index contributed by atoms with van der Waals surface area (Å²) in [5, 5.41) is 4.86. The monoisotopic (exact) mass is 462 g/mol. The Bertz CT molecular complexity index is 1100. The summed E-state index contributed by atoms with van der Waals surface area (Å²) in [5.74, 6) is 0.530. The largest absolute Gasteiger partial charge is 0.356 e. The number of nitrogens with zero attached hydrogens (tertiary/aromatic N) is 4. The number of hydrogen-bond acceptors (Lipinski definition) is 7. The number of ether oxygens (including phenoxy) is 2. The number of fused-ring (bicyclic) bond motifs is 1. The smallest absolute Gasteiger partial charge is 0.261 e. The van der Waals surface area contributed by atoms with E-state index in [1.54, 1.807) is 13.0 Å². The molecule has 0 unspecified atom stereocenters. The molecule has 0 atom stereocenters. The number of aromatic nitrogens is 3. The van der Waals surface area contributed by atoms with Crippen molar-refractivity contribution in [2.75, 3.05) is 31.2 Å². The minimum Gasteiger partial charge on any atom is -0.356 e. The van der Waals surface area contributed by atoms with Gasteiger partial charge in [0.05, 0.1) is 18.8 Å². The van der Waals surface area contributed by atoms with Gasteiger partial charge in [-0.3, -0.25) is 0 Å². The lowest BCUT2D eigenvalue weighted by Crippen LogP contribution is -2.45. The molecule has 0 aliphatic carbocycles. The van der Waals surface area contributed by atoms with Crippen molar-refractivity contribution in [3.63, 3.8) is 0 Å². The van der Waals surface area contributed by atoms with Gasteiger partial charge in [0.25, 0.3) is 5.89 Å². The average Bonchev–Trinajstić information content (AvgIpc) is 3.39. The molecule has 2 fully saturated rings. The lowest BCUT2D eigenvalue weighted by molar-refractivity contribution is -0.169. The van der Waals surface area contributed by atoms with Gasteiger partial charge in [-0.05, 0) is 31.5 Å². The van der Waals surface area contributed by atoms with Gasteiger partial charge in [0.2, 0.25) is 0 Å². The molecule has 172 valence electrons. The highest BCUT2D eigenvalue weighted by Crippen LogP contribution is 2.40. The van der Waals surface area contributed by atoms with Crippen LogP contribution in [0.3, 0.4) is 0 Å². The van der Waals surface area contributed by atoms with Crippen molar-refractivity contribution < 1.29 is 18.4 Å². The van der Waals surface area contributed by atoms with E-state index < -0.39 is 11.6 Å². The molecule has 5 rings (SSSR count). The number of rotatable bonds is 2. The molecular weight excluding hydrogens is 435 g/mol. The van der Waals surface area contributed by atoms with Crippen LogP contribution < -0.4 is 4.90 Å². The highest BCUT2D eigenvalue weighted by Gasteiger charge is 2.41. The van der Waals surface area contributed by atoms with E-state index in [9.17, 15) is 4.39 Å². The fourth-order valence-electron chi connectivity index (χ4n) is 4.16. The summed E-state index contributed by atoms with van der Waals surface area (Å²) in [6.45, 7) is 10.5. The van der Waals surface area contributed by atoms with Crippen LogP contribution in [-0.4, -0.2) is 47.2 Å². The number of hydrogen-bond donors (Lipinski definition) is 0. The molecule has 0 amide bonds. The molecule has 0 saturated carbocycles. The number of piperidine rings is 1. The van der Waals surface area contributed by atoms with Gasteiger partial charge in [-0.2, -0.15) is 4.98 Å². The van der Waals surface area contributed by atoms with Gasteiger partial charge in [0.15, 0.2) is 17.4 Å². The zero-order valence-corrected chi connectivity index (χ0v) is 19.6. The Hall–Kier alpha value is -2.29. The lowest BCUT2D eigenvalue weighted by Gasteiger charge is -2.38. The van der Waals surface area contributed by atoms with E-state index in [1.165, 1.54) is 12.5 Å². The molecule has 3 aromatic rings. The number of pyridine rings is 1. The van der Waals surface area contributed by atoms with E-state index >= 15 is 0 Å². The van der Waals surface area contributed by atoms with Crippen molar-refractivity contribution in [2.24, 2.45) is 0 Å². The van der Waals surface area contributed by atoms with Gasteiger partial charge < -0.3 is 18.9 Å². The van der Waals surface area contributed by atoms with Gasteiger partial charge in [-0.15, -0.1) is 0 Å². The van der Waals surface area contributed by atoms with Crippen molar-refractivity contribution in [3.05, 3.63) is 34.4 Å². The second-order valence-electron chi connectivity index (χ2n) is 8.17. The second-order valence-corrected chi connectivity index (χ2v) is 8.60. The summed E-state index contributed by atoms with van der Waals surface area (Å²) >= 11 is 6.10. The van der Waals surface area contributed by atoms with Crippen LogP contribution in [0.5, 0.6) is 0 Å². The van der Waals surface area contributed by atoms with Crippen LogP contribution in [0.2, 0.25) is 5.02 Å². The van der Waals surface area contributed by atoms with Crippen LogP contribution in [0.4, 0.5) is 10.2 Å². The van der Waals surface area contributed by atoms with E-state index in [2.05, 4.69) is 33.9 Å². The van der Waals surface area contributed by atoms with Crippen molar-refractivity contribution in [1.29, 1.82) is 0 Å². The molecular formula is C23H28ClFN4O3. The number of halogens is 2. The third-order valence-electron chi connectivity index (χ3n) is 5.63. The maximum atomic E-state index is 14.7. The Morgan fingerprint density at radius 3 is 2.34 bits per heavy atom. The van der Waals surface area contributed by atoms with E-state index in [0.29, 0.717) is 72.7 Å². The molecule has 2 aliphatic rings. The van der Waals surface area contributed by atoms with Gasteiger partial charge in [0, 0.05) is 36.3 Å². The lowest BCUT2D eigenvalue weighted by atomic mass is 10.00. The number of benzene rings is 1. The molecule has 0 bridgehead atoms. The highest BCUT2D eigenvalue weighted by molar-refractivity contribution is 6.31. The molecule has 4 heterocycles. The summed E-state index contributed by atoms with van der Waals surface area (Å²) in [7, 11) is 0. The molecule has 9 heteroatoms.